The van der Waals surface area contributed by atoms with E-state index in [1.54, 1.807) is 11.8 Å². The van der Waals surface area contributed by atoms with E-state index in [1.165, 1.54) is 12.4 Å². The van der Waals surface area contributed by atoms with Crippen LogP contribution in [-0.2, 0) is 11.3 Å². The van der Waals surface area contributed by atoms with E-state index in [0.717, 1.165) is 23.2 Å². The molecule has 1 aromatic rings. The molecule has 5 nitrogen and oxygen atoms in total. The van der Waals surface area contributed by atoms with Crippen LogP contribution < -0.4 is 0 Å². The number of amides is 1. The van der Waals surface area contributed by atoms with Gasteiger partial charge in [-0.2, -0.15) is 8.78 Å². The minimum Gasteiger partial charge on any atom is -0.339 e. The van der Waals surface area contributed by atoms with Gasteiger partial charge in [0.2, 0.25) is 5.91 Å². The number of alkyl halides is 2. The molecular weight excluding hydrogens is 310 g/mol. The maximum atomic E-state index is 12.8. The third kappa shape index (κ3) is 3.43. The first-order valence-corrected chi connectivity index (χ1v) is 8.62. The van der Waals surface area contributed by atoms with Crippen molar-refractivity contribution in [2.45, 2.75) is 31.2 Å². The second kappa shape index (κ2) is 6.95. The van der Waals surface area contributed by atoms with E-state index < -0.39 is 6.55 Å². The van der Waals surface area contributed by atoms with Gasteiger partial charge in [0.25, 0.3) is 0 Å². The van der Waals surface area contributed by atoms with Crippen LogP contribution in [0.15, 0.2) is 12.4 Å². The summed E-state index contributed by atoms with van der Waals surface area (Å²) in [7, 11) is 0. The molecule has 2 saturated heterocycles. The van der Waals surface area contributed by atoms with Crippen LogP contribution in [0.4, 0.5) is 8.78 Å². The third-order valence-corrected chi connectivity index (χ3v) is 5.58. The number of thioether (sulfide) groups is 1. The summed E-state index contributed by atoms with van der Waals surface area (Å²) in [6, 6.07) is 0. The topological polar surface area (TPSA) is 41.4 Å². The largest absolute Gasteiger partial charge is 0.339 e. The fraction of sp³-hybridized carbons (Fsp3) is 0.714. The first-order valence-electron chi connectivity index (χ1n) is 7.58. The normalized spacial score (nSPS) is 23.4. The molecule has 0 bridgehead atoms. The smallest absolute Gasteiger partial charge is 0.319 e. The van der Waals surface area contributed by atoms with Gasteiger partial charge in [0.1, 0.15) is 5.82 Å². The summed E-state index contributed by atoms with van der Waals surface area (Å²) >= 11 is 1.75. The first-order chi connectivity index (χ1) is 10.6. The number of hydrogen-bond acceptors (Lipinski definition) is 4. The number of nitrogens with zero attached hydrogens (tertiary/aromatic N) is 4. The summed E-state index contributed by atoms with van der Waals surface area (Å²) in [5.41, 5.74) is 0. The van der Waals surface area contributed by atoms with E-state index in [4.69, 9.17) is 0 Å². The van der Waals surface area contributed by atoms with E-state index in [1.807, 2.05) is 4.90 Å². The number of aromatic nitrogens is 2. The number of imidazole rings is 1. The van der Waals surface area contributed by atoms with E-state index in [-0.39, 0.29) is 11.2 Å². The Morgan fingerprint density at radius 2 is 2.14 bits per heavy atom. The molecule has 0 radical (unpaired) electrons. The maximum Gasteiger partial charge on any atom is 0.319 e. The van der Waals surface area contributed by atoms with Gasteiger partial charge in [0.15, 0.2) is 0 Å². The Labute approximate surface area is 132 Å². The Morgan fingerprint density at radius 3 is 2.77 bits per heavy atom. The molecule has 2 aliphatic heterocycles. The number of piperazine rings is 1. The van der Waals surface area contributed by atoms with Crippen LogP contribution >= 0.6 is 11.8 Å². The Balaban J connectivity index is 1.51. The lowest BCUT2D eigenvalue weighted by Gasteiger charge is -2.35. The summed E-state index contributed by atoms with van der Waals surface area (Å²) in [5, 5.41) is 0.129. The van der Waals surface area contributed by atoms with Crippen LogP contribution in [0.2, 0.25) is 0 Å². The van der Waals surface area contributed by atoms with Gasteiger partial charge in [0, 0.05) is 38.6 Å². The lowest BCUT2D eigenvalue weighted by molar-refractivity contribution is -0.132. The van der Waals surface area contributed by atoms with Gasteiger partial charge >= 0.3 is 6.55 Å². The predicted molar refractivity (Wildman–Crippen MR) is 80.8 cm³/mol. The zero-order valence-electron chi connectivity index (χ0n) is 12.3. The average molecular weight is 330 g/mol. The highest BCUT2D eigenvalue weighted by molar-refractivity contribution is 8.00. The quantitative estimate of drug-likeness (QED) is 0.844. The fourth-order valence-electron chi connectivity index (χ4n) is 2.95. The molecule has 2 fully saturated rings. The first kappa shape index (κ1) is 15.7. The van der Waals surface area contributed by atoms with Crippen molar-refractivity contribution >= 4 is 17.7 Å². The number of carbonyl (C=O) groups excluding carboxylic acids is 1. The van der Waals surface area contributed by atoms with Crippen LogP contribution in [0.5, 0.6) is 0 Å². The van der Waals surface area contributed by atoms with Crippen molar-refractivity contribution in [3.8, 4) is 0 Å². The summed E-state index contributed by atoms with van der Waals surface area (Å²) in [6.07, 6.45) is 4.81. The van der Waals surface area contributed by atoms with Crippen molar-refractivity contribution in [2.75, 3.05) is 31.9 Å². The van der Waals surface area contributed by atoms with Crippen molar-refractivity contribution in [1.29, 1.82) is 0 Å². The molecule has 0 spiro atoms. The Kier molecular flexibility index (Phi) is 4.97. The minimum absolute atomic E-state index is 0.129. The third-order valence-electron chi connectivity index (χ3n) is 4.21. The second-order valence-electron chi connectivity index (χ2n) is 5.63. The fourth-order valence-corrected chi connectivity index (χ4v) is 4.19. The zero-order chi connectivity index (χ0) is 15.5. The Hall–Kier alpha value is -1.15. The van der Waals surface area contributed by atoms with E-state index in [9.17, 15) is 13.6 Å². The molecule has 8 heteroatoms. The monoisotopic (exact) mass is 330 g/mol. The molecule has 1 atom stereocenters. The molecule has 1 aromatic heterocycles. The molecule has 0 aromatic carbocycles. The summed E-state index contributed by atoms with van der Waals surface area (Å²) in [6.45, 7) is 0.604. The molecule has 2 aliphatic rings. The molecule has 1 amide bonds. The van der Waals surface area contributed by atoms with Crippen molar-refractivity contribution < 1.29 is 13.6 Å². The molecular formula is C14H20F2N4OS. The van der Waals surface area contributed by atoms with Gasteiger partial charge in [-0.3, -0.25) is 14.3 Å². The Bertz CT molecular complexity index is 511. The highest BCUT2D eigenvalue weighted by atomic mass is 32.2. The molecule has 0 aliphatic carbocycles. The second-order valence-corrected chi connectivity index (χ2v) is 6.94. The van der Waals surface area contributed by atoms with E-state index in [0.29, 0.717) is 38.5 Å². The van der Waals surface area contributed by atoms with Gasteiger partial charge in [-0.05, 0) is 18.6 Å². The van der Waals surface area contributed by atoms with Crippen molar-refractivity contribution in [3.05, 3.63) is 18.2 Å². The van der Waals surface area contributed by atoms with Crippen molar-refractivity contribution in [1.82, 2.24) is 19.4 Å². The van der Waals surface area contributed by atoms with Crippen LogP contribution in [0.1, 0.15) is 25.2 Å². The molecule has 122 valence electrons. The Morgan fingerprint density at radius 1 is 1.36 bits per heavy atom. The SMILES string of the molecule is O=C([C@@H]1CCCS1)N1CCN(Cc2nccn2C(F)F)CC1. The van der Waals surface area contributed by atoms with Crippen LogP contribution in [0.3, 0.4) is 0 Å². The van der Waals surface area contributed by atoms with Crippen LogP contribution in [0.25, 0.3) is 0 Å². The standard InChI is InChI=1S/C14H20F2N4OS/c15-14(16)20-4-3-17-12(20)10-18-5-7-19(8-6-18)13(21)11-2-1-9-22-11/h3-4,11,14H,1-2,5-10H2/t11-/m0/s1. The molecule has 3 heterocycles. The average Bonchev–Trinajstić information content (AvgIpc) is 3.18. The van der Waals surface area contributed by atoms with Gasteiger partial charge in [-0.1, -0.05) is 0 Å². The highest BCUT2D eigenvalue weighted by Crippen LogP contribution is 2.28. The molecule has 0 unspecified atom stereocenters. The number of halogens is 2. The predicted octanol–water partition coefficient (Wildman–Crippen LogP) is 1.82. The molecule has 3 rings (SSSR count). The number of carbonyl (C=O) groups is 1. The van der Waals surface area contributed by atoms with Crippen LogP contribution in [-0.4, -0.2) is 62.4 Å². The highest BCUT2D eigenvalue weighted by Gasteiger charge is 2.30. The van der Waals surface area contributed by atoms with Crippen molar-refractivity contribution in [2.24, 2.45) is 0 Å². The maximum absolute atomic E-state index is 12.8. The van der Waals surface area contributed by atoms with Gasteiger partial charge in [-0.25, -0.2) is 4.98 Å². The van der Waals surface area contributed by atoms with Crippen molar-refractivity contribution in [3.63, 3.8) is 0 Å². The number of hydrogen-bond donors (Lipinski definition) is 0. The van der Waals surface area contributed by atoms with Gasteiger partial charge in [-0.15, -0.1) is 11.8 Å². The lowest BCUT2D eigenvalue weighted by atomic mass is 10.2. The summed E-state index contributed by atoms with van der Waals surface area (Å²) < 4.78 is 26.5. The zero-order valence-corrected chi connectivity index (χ0v) is 13.1. The molecule has 0 saturated carbocycles. The lowest BCUT2D eigenvalue weighted by Crippen LogP contribution is -2.50. The number of rotatable bonds is 4. The summed E-state index contributed by atoms with van der Waals surface area (Å²) in [4.78, 5) is 20.3. The van der Waals surface area contributed by atoms with Gasteiger partial charge < -0.3 is 4.90 Å². The van der Waals surface area contributed by atoms with Gasteiger partial charge in [0.05, 0.1) is 11.8 Å². The van der Waals surface area contributed by atoms with Crippen LogP contribution in [0, 0.1) is 0 Å². The van der Waals surface area contributed by atoms with E-state index in [2.05, 4.69) is 9.88 Å². The molecule has 22 heavy (non-hydrogen) atoms. The summed E-state index contributed by atoms with van der Waals surface area (Å²) in [5.74, 6) is 1.70. The minimum atomic E-state index is -2.56. The van der Waals surface area contributed by atoms with E-state index >= 15 is 0 Å². The molecule has 0 N–H and O–H groups in total.